The third-order valence-corrected chi connectivity index (χ3v) is 3.74. The van der Waals surface area contributed by atoms with Gasteiger partial charge >= 0.3 is 11.9 Å². The molecule has 0 aromatic heterocycles. The minimum absolute atomic E-state index is 0.0656. The third kappa shape index (κ3) is 1.81. The molecule has 1 heterocycles. The molecular formula is C12H17NO6. The number of hydrogen-bond acceptors (Lipinski definition) is 5. The van der Waals surface area contributed by atoms with E-state index in [-0.39, 0.29) is 19.4 Å². The Morgan fingerprint density at radius 2 is 2.16 bits per heavy atom. The smallest absolute Gasteiger partial charge is 0.346 e. The topological polar surface area (TPSA) is 104 Å². The fraction of sp³-hybridized carbons (Fsp3) is 0.583. The predicted octanol–water partition coefficient (Wildman–Crippen LogP) is -0.602. The zero-order valence-electron chi connectivity index (χ0n) is 10.8. The maximum absolute atomic E-state index is 11.9. The molecule has 0 spiro atoms. The maximum Gasteiger partial charge on any atom is 0.346 e. The standard InChI is InChI=1S/C12H17NO6/c1-4-5-8-6-13(7-14)12(9(15)16,10(17)19-3)11(8,2)18/h4,7-8,18H,1,5-6H2,2-3H3,(H,15,16)/t8-,11-,12?/m0/s1. The second-order valence-corrected chi connectivity index (χ2v) is 4.63. The zero-order valence-corrected chi connectivity index (χ0v) is 10.8. The maximum atomic E-state index is 11.9. The van der Waals surface area contributed by atoms with Gasteiger partial charge in [-0.15, -0.1) is 6.58 Å². The molecule has 1 aliphatic rings. The van der Waals surface area contributed by atoms with Gasteiger partial charge in [0.15, 0.2) is 0 Å². The first-order valence-electron chi connectivity index (χ1n) is 5.67. The van der Waals surface area contributed by atoms with Crippen molar-refractivity contribution >= 4 is 18.3 Å². The molecule has 0 aromatic rings. The molecular weight excluding hydrogens is 254 g/mol. The van der Waals surface area contributed by atoms with E-state index < -0.39 is 29.0 Å². The molecule has 7 heteroatoms. The van der Waals surface area contributed by atoms with Crippen molar-refractivity contribution in [3.63, 3.8) is 0 Å². The molecule has 1 aliphatic heterocycles. The van der Waals surface area contributed by atoms with Gasteiger partial charge in [-0.1, -0.05) is 6.08 Å². The summed E-state index contributed by atoms with van der Waals surface area (Å²) in [4.78, 5) is 35.4. The van der Waals surface area contributed by atoms with E-state index in [4.69, 9.17) is 0 Å². The Morgan fingerprint density at radius 3 is 2.53 bits per heavy atom. The summed E-state index contributed by atoms with van der Waals surface area (Å²) in [5.74, 6) is -3.42. The van der Waals surface area contributed by atoms with E-state index in [2.05, 4.69) is 11.3 Å². The van der Waals surface area contributed by atoms with Gasteiger partial charge in [0.05, 0.1) is 7.11 Å². The molecule has 7 nitrogen and oxygen atoms in total. The van der Waals surface area contributed by atoms with Crippen molar-refractivity contribution in [2.24, 2.45) is 5.92 Å². The lowest BCUT2D eigenvalue weighted by Crippen LogP contribution is -2.68. The number of nitrogens with zero attached hydrogens (tertiary/aromatic N) is 1. The molecule has 106 valence electrons. The number of aliphatic carboxylic acids is 1. The Labute approximate surface area is 110 Å². The van der Waals surface area contributed by atoms with Crippen LogP contribution in [0.1, 0.15) is 13.3 Å². The van der Waals surface area contributed by atoms with Gasteiger partial charge in [-0.3, -0.25) is 4.79 Å². The number of carboxylic acid groups (broad SMARTS) is 1. The molecule has 0 bridgehead atoms. The van der Waals surface area contributed by atoms with Gasteiger partial charge in [0, 0.05) is 12.5 Å². The zero-order chi connectivity index (χ0) is 14.8. The molecule has 0 aromatic carbocycles. The summed E-state index contributed by atoms with van der Waals surface area (Å²) in [7, 11) is 1.01. The van der Waals surface area contributed by atoms with E-state index in [0.717, 1.165) is 12.0 Å². The monoisotopic (exact) mass is 271 g/mol. The summed E-state index contributed by atoms with van der Waals surface area (Å²) < 4.78 is 4.49. The Bertz CT molecular complexity index is 418. The van der Waals surface area contributed by atoms with Crippen LogP contribution in [0.3, 0.4) is 0 Å². The molecule has 0 saturated carbocycles. The summed E-state index contributed by atoms with van der Waals surface area (Å²) in [6.45, 7) is 4.67. The van der Waals surface area contributed by atoms with Gasteiger partial charge < -0.3 is 19.8 Å². The molecule has 0 radical (unpaired) electrons. The fourth-order valence-electron chi connectivity index (χ4n) is 2.66. The summed E-state index contributed by atoms with van der Waals surface area (Å²) in [5.41, 5.74) is -4.39. The number of aliphatic hydroxyl groups is 1. The Balaban J connectivity index is 3.47. The summed E-state index contributed by atoms with van der Waals surface area (Å²) >= 11 is 0. The lowest BCUT2D eigenvalue weighted by molar-refractivity contribution is -0.184. The molecule has 1 fully saturated rings. The van der Waals surface area contributed by atoms with Crippen LogP contribution in [0.2, 0.25) is 0 Å². The number of hydrogen-bond donors (Lipinski definition) is 2. The number of ether oxygens (including phenoxy) is 1. The molecule has 1 unspecified atom stereocenters. The molecule has 19 heavy (non-hydrogen) atoms. The fourth-order valence-corrected chi connectivity index (χ4v) is 2.66. The number of rotatable bonds is 5. The average Bonchev–Trinajstić information content (AvgIpc) is 2.57. The van der Waals surface area contributed by atoms with Crippen LogP contribution in [0.25, 0.3) is 0 Å². The van der Waals surface area contributed by atoms with Crippen molar-refractivity contribution < 1.29 is 29.3 Å². The number of carboxylic acids is 1. The lowest BCUT2D eigenvalue weighted by atomic mass is 9.75. The normalized spacial score (nSPS) is 33.8. The van der Waals surface area contributed by atoms with E-state index in [1.807, 2.05) is 0 Å². The van der Waals surface area contributed by atoms with Crippen LogP contribution in [0.4, 0.5) is 0 Å². The van der Waals surface area contributed by atoms with Gasteiger partial charge in [-0.05, 0) is 13.3 Å². The van der Waals surface area contributed by atoms with E-state index in [0.29, 0.717) is 0 Å². The number of carbonyl (C=O) groups excluding carboxylic acids is 2. The van der Waals surface area contributed by atoms with Crippen molar-refractivity contribution in [2.45, 2.75) is 24.5 Å². The number of amides is 1. The van der Waals surface area contributed by atoms with Crippen molar-refractivity contribution in [3.05, 3.63) is 12.7 Å². The molecule has 1 amide bonds. The first kappa shape index (κ1) is 15.2. The minimum Gasteiger partial charge on any atom is -0.479 e. The number of carbonyl (C=O) groups is 3. The lowest BCUT2D eigenvalue weighted by Gasteiger charge is -2.38. The predicted molar refractivity (Wildman–Crippen MR) is 64.1 cm³/mol. The molecule has 2 N–H and O–H groups in total. The van der Waals surface area contributed by atoms with Crippen molar-refractivity contribution in [1.82, 2.24) is 4.90 Å². The second kappa shape index (κ2) is 5.00. The van der Waals surface area contributed by atoms with Gasteiger partial charge in [0.25, 0.3) is 5.54 Å². The van der Waals surface area contributed by atoms with Crippen LogP contribution in [0, 0.1) is 5.92 Å². The van der Waals surface area contributed by atoms with Crippen LogP contribution in [-0.2, 0) is 19.1 Å². The van der Waals surface area contributed by atoms with Gasteiger partial charge in [0.2, 0.25) is 6.41 Å². The summed E-state index contributed by atoms with van der Waals surface area (Å²) in [6, 6.07) is 0. The quantitative estimate of drug-likeness (QED) is 0.299. The molecule has 0 aliphatic carbocycles. The summed E-state index contributed by atoms with van der Waals surface area (Å²) in [6.07, 6.45) is 2.00. The highest BCUT2D eigenvalue weighted by Gasteiger charge is 2.71. The SMILES string of the molecule is C=CC[C@H]1CN(C=O)C(C(=O)O)(C(=O)OC)[C@@]1(C)O. The highest BCUT2D eigenvalue weighted by molar-refractivity contribution is 6.08. The van der Waals surface area contributed by atoms with E-state index in [1.165, 1.54) is 13.0 Å². The number of likely N-dealkylation sites (tertiary alicyclic amines) is 1. The second-order valence-electron chi connectivity index (χ2n) is 4.63. The molecule has 1 rings (SSSR count). The van der Waals surface area contributed by atoms with Crippen molar-refractivity contribution in [3.8, 4) is 0 Å². The van der Waals surface area contributed by atoms with Crippen LogP contribution in [0.5, 0.6) is 0 Å². The first-order valence-corrected chi connectivity index (χ1v) is 5.67. The van der Waals surface area contributed by atoms with Crippen LogP contribution in [0.15, 0.2) is 12.7 Å². The van der Waals surface area contributed by atoms with E-state index in [9.17, 15) is 24.6 Å². The minimum atomic E-state index is -2.43. The van der Waals surface area contributed by atoms with Crippen LogP contribution >= 0.6 is 0 Å². The summed E-state index contributed by atoms with van der Waals surface area (Å²) in [5, 5.41) is 19.9. The first-order chi connectivity index (χ1) is 8.80. The van der Waals surface area contributed by atoms with Crippen molar-refractivity contribution in [2.75, 3.05) is 13.7 Å². The van der Waals surface area contributed by atoms with Crippen LogP contribution < -0.4 is 0 Å². The van der Waals surface area contributed by atoms with E-state index in [1.54, 1.807) is 0 Å². The number of methoxy groups -OCH3 is 1. The third-order valence-electron chi connectivity index (χ3n) is 3.74. The van der Waals surface area contributed by atoms with Gasteiger partial charge in [0.1, 0.15) is 5.60 Å². The average molecular weight is 271 g/mol. The number of allylic oxidation sites excluding steroid dienone is 1. The largest absolute Gasteiger partial charge is 0.479 e. The van der Waals surface area contributed by atoms with Gasteiger partial charge in [-0.2, -0.15) is 0 Å². The Kier molecular flexibility index (Phi) is 4.00. The number of esters is 1. The van der Waals surface area contributed by atoms with Crippen molar-refractivity contribution in [1.29, 1.82) is 0 Å². The van der Waals surface area contributed by atoms with Crippen LogP contribution in [-0.4, -0.2) is 58.3 Å². The van der Waals surface area contributed by atoms with Gasteiger partial charge in [-0.25, -0.2) is 9.59 Å². The highest BCUT2D eigenvalue weighted by atomic mass is 16.5. The Hall–Kier alpha value is -1.89. The highest BCUT2D eigenvalue weighted by Crippen LogP contribution is 2.44. The van der Waals surface area contributed by atoms with E-state index >= 15 is 0 Å². The molecule has 1 saturated heterocycles. The Morgan fingerprint density at radius 1 is 1.58 bits per heavy atom. The molecule has 3 atom stereocenters.